The van der Waals surface area contributed by atoms with E-state index >= 15 is 0 Å². The molecule has 3 heteroatoms. The second-order valence-corrected chi connectivity index (χ2v) is 16.6. The third-order valence-electron chi connectivity index (χ3n) is 13.0. The zero-order valence-electron chi connectivity index (χ0n) is 34.7. The molecule has 296 valence electrons. The van der Waals surface area contributed by atoms with Gasteiger partial charge < -0.3 is 4.42 Å². The van der Waals surface area contributed by atoms with Gasteiger partial charge in [0, 0.05) is 32.9 Å². The fourth-order valence-electron chi connectivity index (χ4n) is 9.94. The van der Waals surface area contributed by atoms with Crippen LogP contribution in [0.5, 0.6) is 0 Å². The molecule has 9 aromatic carbocycles. The van der Waals surface area contributed by atoms with Crippen LogP contribution in [0.25, 0.3) is 100 Å². The Balaban J connectivity index is 1.11. The van der Waals surface area contributed by atoms with E-state index in [2.05, 4.69) is 195 Å². The number of nitrogens with zero attached hydrogens (tertiary/aromatic N) is 2. The van der Waals surface area contributed by atoms with Gasteiger partial charge in [0.2, 0.25) is 0 Å². The van der Waals surface area contributed by atoms with E-state index in [0.29, 0.717) is 5.82 Å². The van der Waals surface area contributed by atoms with Crippen molar-refractivity contribution in [1.29, 1.82) is 0 Å². The minimum atomic E-state index is -0.366. The molecule has 12 rings (SSSR count). The van der Waals surface area contributed by atoms with Gasteiger partial charge in [-0.15, -0.1) is 0 Å². The van der Waals surface area contributed by atoms with Crippen molar-refractivity contribution in [3.8, 4) is 78.4 Å². The highest BCUT2D eigenvalue weighted by atomic mass is 16.3. The Morgan fingerprint density at radius 1 is 0.349 bits per heavy atom. The van der Waals surface area contributed by atoms with E-state index in [0.717, 1.165) is 72.3 Å². The number of para-hydroxylation sites is 1. The Morgan fingerprint density at radius 3 is 1.68 bits per heavy atom. The SMILES string of the molecule is CC1(c2ccccc2)c2ccccc2-c2cccc(-c3ccccc3-c3cc(-c4ccc5oc6ccccc6c5c4)cc(-c4cc(-c5ccccc5)nc(-c5ccccc5)n4)c3)c21. The molecule has 1 atom stereocenters. The van der Waals surface area contributed by atoms with Gasteiger partial charge in [-0.25, -0.2) is 9.97 Å². The van der Waals surface area contributed by atoms with Crippen LogP contribution in [0.15, 0.2) is 229 Å². The van der Waals surface area contributed by atoms with Crippen LogP contribution < -0.4 is 0 Å². The molecule has 2 aromatic heterocycles. The van der Waals surface area contributed by atoms with Gasteiger partial charge in [-0.05, 0) is 111 Å². The first-order valence-electron chi connectivity index (χ1n) is 21.6. The van der Waals surface area contributed by atoms with E-state index < -0.39 is 0 Å². The highest BCUT2D eigenvalue weighted by Gasteiger charge is 2.42. The molecule has 0 amide bonds. The maximum absolute atomic E-state index is 6.30. The summed E-state index contributed by atoms with van der Waals surface area (Å²) in [5.74, 6) is 0.685. The molecule has 2 heterocycles. The van der Waals surface area contributed by atoms with Gasteiger partial charge >= 0.3 is 0 Å². The molecule has 0 saturated heterocycles. The maximum atomic E-state index is 6.30. The smallest absolute Gasteiger partial charge is 0.160 e. The van der Waals surface area contributed by atoms with E-state index in [9.17, 15) is 0 Å². The molecule has 0 fully saturated rings. The van der Waals surface area contributed by atoms with Crippen LogP contribution in [0.1, 0.15) is 23.6 Å². The quantitative estimate of drug-likeness (QED) is 0.161. The summed E-state index contributed by atoms with van der Waals surface area (Å²) in [5, 5.41) is 2.20. The minimum absolute atomic E-state index is 0.366. The molecule has 0 N–H and O–H groups in total. The predicted molar refractivity (Wildman–Crippen MR) is 259 cm³/mol. The maximum Gasteiger partial charge on any atom is 0.160 e. The van der Waals surface area contributed by atoms with Crippen molar-refractivity contribution < 1.29 is 4.42 Å². The lowest BCUT2D eigenvalue weighted by molar-refractivity contribution is 0.669. The monoisotopic (exact) mass is 804 g/mol. The van der Waals surface area contributed by atoms with Crippen LogP contribution in [0.3, 0.4) is 0 Å². The van der Waals surface area contributed by atoms with Gasteiger partial charge in [0.15, 0.2) is 5.82 Å². The molecule has 0 aliphatic heterocycles. The summed E-state index contributed by atoms with van der Waals surface area (Å²) in [4.78, 5) is 10.5. The van der Waals surface area contributed by atoms with Crippen molar-refractivity contribution in [2.45, 2.75) is 12.3 Å². The van der Waals surface area contributed by atoms with E-state index in [1.807, 2.05) is 36.4 Å². The Bertz CT molecular complexity index is 3460. The molecule has 1 aliphatic rings. The second kappa shape index (κ2) is 14.8. The molecule has 1 unspecified atom stereocenters. The number of aromatic nitrogens is 2. The van der Waals surface area contributed by atoms with Gasteiger partial charge in [-0.1, -0.05) is 182 Å². The Kier molecular flexibility index (Phi) is 8.62. The third kappa shape index (κ3) is 6.12. The Hall–Kier alpha value is -8.14. The average molecular weight is 805 g/mol. The lowest BCUT2D eigenvalue weighted by Crippen LogP contribution is -2.23. The number of benzene rings is 9. The highest BCUT2D eigenvalue weighted by molar-refractivity contribution is 6.06. The number of fused-ring (bicyclic) bond motifs is 6. The number of rotatable bonds is 7. The summed E-state index contributed by atoms with van der Waals surface area (Å²) in [6, 6.07) is 80.2. The molecule has 63 heavy (non-hydrogen) atoms. The summed E-state index contributed by atoms with van der Waals surface area (Å²) in [5.41, 5.74) is 19.5. The van der Waals surface area contributed by atoms with Crippen molar-refractivity contribution in [2.24, 2.45) is 0 Å². The Morgan fingerprint density at radius 2 is 0.905 bits per heavy atom. The van der Waals surface area contributed by atoms with Crippen molar-refractivity contribution in [1.82, 2.24) is 9.97 Å². The van der Waals surface area contributed by atoms with Crippen LogP contribution in [-0.4, -0.2) is 9.97 Å². The fourth-order valence-corrected chi connectivity index (χ4v) is 9.94. The van der Waals surface area contributed by atoms with Crippen LogP contribution in [-0.2, 0) is 5.41 Å². The zero-order valence-corrected chi connectivity index (χ0v) is 34.7. The van der Waals surface area contributed by atoms with Crippen molar-refractivity contribution in [3.05, 3.63) is 241 Å². The summed E-state index contributed by atoms with van der Waals surface area (Å²) < 4.78 is 6.30. The first-order valence-corrected chi connectivity index (χ1v) is 21.6. The molecule has 0 saturated carbocycles. The van der Waals surface area contributed by atoms with Gasteiger partial charge in [-0.2, -0.15) is 0 Å². The summed E-state index contributed by atoms with van der Waals surface area (Å²) >= 11 is 0. The summed E-state index contributed by atoms with van der Waals surface area (Å²) in [6.07, 6.45) is 0. The van der Waals surface area contributed by atoms with Crippen LogP contribution in [0.4, 0.5) is 0 Å². The fraction of sp³-hybridized carbons (Fsp3) is 0.0333. The Labute approximate surface area is 366 Å². The summed E-state index contributed by atoms with van der Waals surface area (Å²) in [6.45, 7) is 2.40. The van der Waals surface area contributed by atoms with Crippen LogP contribution in [0, 0.1) is 0 Å². The number of hydrogen-bond donors (Lipinski definition) is 0. The first-order chi connectivity index (χ1) is 31.1. The zero-order chi connectivity index (χ0) is 41.9. The molecular weight excluding hydrogens is 765 g/mol. The van der Waals surface area contributed by atoms with Crippen LogP contribution in [0.2, 0.25) is 0 Å². The van der Waals surface area contributed by atoms with E-state index in [-0.39, 0.29) is 5.41 Å². The highest BCUT2D eigenvalue weighted by Crippen LogP contribution is 2.56. The van der Waals surface area contributed by atoms with Gasteiger partial charge in [0.25, 0.3) is 0 Å². The molecule has 0 bridgehead atoms. The largest absolute Gasteiger partial charge is 0.456 e. The second-order valence-electron chi connectivity index (χ2n) is 16.6. The van der Waals surface area contributed by atoms with Crippen molar-refractivity contribution in [3.63, 3.8) is 0 Å². The van der Waals surface area contributed by atoms with E-state index in [4.69, 9.17) is 14.4 Å². The predicted octanol–water partition coefficient (Wildman–Crippen LogP) is 15.7. The third-order valence-corrected chi connectivity index (χ3v) is 13.0. The lowest BCUT2D eigenvalue weighted by atomic mass is 9.71. The molecule has 3 nitrogen and oxygen atoms in total. The van der Waals surface area contributed by atoms with Gasteiger partial charge in [0.1, 0.15) is 11.2 Å². The first kappa shape index (κ1) is 36.7. The standard InChI is InChI=1S/C60H40N2O/c1-60(45-22-9-4-10-23-45)53-30-15-13-26-48(53)51-29-17-28-50(58(51)60)47-25-12-11-24-46(47)43-34-42(41-32-33-57-52(37-41)49-27-14-16-31-56(49)63-57)35-44(36-43)55-38-54(39-18-5-2-6-19-39)61-59(62-55)40-20-7-3-8-21-40/h2-38H,1H3. The molecule has 1 aliphatic carbocycles. The van der Waals surface area contributed by atoms with E-state index in [1.165, 1.54) is 38.9 Å². The van der Waals surface area contributed by atoms with Gasteiger partial charge in [0.05, 0.1) is 11.4 Å². The minimum Gasteiger partial charge on any atom is -0.456 e. The number of hydrogen-bond acceptors (Lipinski definition) is 3. The molecule has 0 spiro atoms. The van der Waals surface area contributed by atoms with Gasteiger partial charge in [-0.3, -0.25) is 0 Å². The molecule has 11 aromatic rings. The normalized spacial score (nSPS) is 14.2. The van der Waals surface area contributed by atoms with Crippen LogP contribution >= 0.6 is 0 Å². The van der Waals surface area contributed by atoms with Crippen molar-refractivity contribution >= 4 is 21.9 Å². The lowest BCUT2D eigenvalue weighted by Gasteiger charge is -2.30. The topological polar surface area (TPSA) is 38.9 Å². The average Bonchev–Trinajstić information content (AvgIpc) is 3.87. The summed E-state index contributed by atoms with van der Waals surface area (Å²) in [7, 11) is 0. The molecular formula is C60H40N2O. The van der Waals surface area contributed by atoms with Crippen molar-refractivity contribution in [2.75, 3.05) is 0 Å². The molecule has 0 radical (unpaired) electrons. The van der Waals surface area contributed by atoms with E-state index in [1.54, 1.807) is 0 Å². The number of furan rings is 1.